The number of hydrogen-bond donors (Lipinski definition) is 0. The highest BCUT2D eigenvalue weighted by molar-refractivity contribution is 6.30. The average molecular weight is 464 g/mol. The van der Waals surface area contributed by atoms with E-state index >= 15 is 0 Å². The first kappa shape index (κ1) is 22.4. The monoisotopic (exact) mass is 463 g/mol. The highest BCUT2D eigenvalue weighted by Gasteiger charge is 2.24. The lowest BCUT2D eigenvalue weighted by Crippen LogP contribution is -2.05. The summed E-state index contributed by atoms with van der Waals surface area (Å²) in [6, 6.07) is 20.1. The lowest BCUT2D eigenvalue weighted by molar-refractivity contribution is -0.129. The topological polar surface area (TPSA) is 66.3 Å². The van der Waals surface area contributed by atoms with Crippen LogP contribution in [0.4, 0.5) is 0 Å². The maximum Gasteiger partial charge on any atom is 0.363 e. The molecule has 1 aliphatic rings. The molecule has 4 rings (SSSR count). The summed E-state index contributed by atoms with van der Waals surface area (Å²) in [6.45, 7) is 2.74. The summed E-state index contributed by atoms with van der Waals surface area (Å²) < 4.78 is 22.3. The maximum absolute atomic E-state index is 12.4. The highest BCUT2D eigenvalue weighted by atomic mass is 35.5. The van der Waals surface area contributed by atoms with Crippen LogP contribution in [-0.4, -0.2) is 25.6 Å². The Morgan fingerprint density at radius 3 is 2.58 bits per heavy atom. The molecule has 0 radical (unpaired) electrons. The van der Waals surface area contributed by atoms with Gasteiger partial charge in [0.1, 0.15) is 12.4 Å². The first-order chi connectivity index (χ1) is 16.1. The molecular weight excluding hydrogens is 442 g/mol. The fourth-order valence-corrected chi connectivity index (χ4v) is 3.32. The molecule has 0 atom stereocenters. The summed E-state index contributed by atoms with van der Waals surface area (Å²) >= 11 is 5.94. The lowest BCUT2D eigenvalue weighted by atomic mass is 10.1. The molecule has 0 saturated heterocycles. The molecule has 1 heterocycles. The molecule has 0 saturated carbocycles. The van der Waals surface area contributed by atoms with Gasteiger partial charge in [-0.3, -0.25) is 0 Å². The Labute approximate surface area is 197 Å². The number of cyclic esters (lactones) is 1. The van der Waals surface area contributed by atoms with E-state index in [2.05, 4.69) is 4.99 Å². The van der Waals surface area contributed by atoms with E-state index in [1.54, 1.807) is 37.5 Å². The Morgan fingerprint density at radius 1 is 1.00 bits per heavy atom. The molecule has 7 heteroatoms. The minimum atomic E-state index is -0.520. The Kier molecular flexibility index (Phi) is 6.95. The summed E-state index contributed by atoms with van der Waals surface area (Å²) in [5.41, 5.74) is 2.58. The van der Waals surface area contributed by atoms with E-state index in [1.165, 1.54) is 0 Å². The Hall–Kier alpha value is -3.77. The fourth-order valence-electron chi connectivity index (χ4n) is 3.19. The molecule has 0 bridgehead atoms. The van der Waals surface area contributed by atoms with Crippen molar-refractivity contribution in [2.45, 2.75) is 13.5 Å². The lowest BCUT2D eigenvalue weighted by Gasteiger charge is -2.13. The summed E-state index contributed by atoms with van der Waals surface area (Å²) in [6.07, 6.45) is 1.65. The predicted molar refractivity (Wildman–Crippen MR) is 127 cm³/mol. The van der Waals surface area contributed by atoms with Crippen molar-refractivity contribution in [1.29, 1.82) is 0 Å². The summed E-state index contributed by atoms with van der Waals surface area (Å²) in [5, 5.41) is 0.675. The van der Waals surface area contributed by atoms with E-state index in [0.29, 0.717) is 41.0 Å². The number of hydrogen-bond acceptors (Lipinski definition) is 6. The van der Waals surface area contributed by atoms with Gasteiger partial charge >= 0.3 is 5.97 Å². The first-order valence-corrected chi connectivity index (χ1v) is 10.7. The van der Waals surface area contributed by atoms with Crippen LogP contribution in [0.15, 0.2) is 77.4 Å². The van der Waals surface area contributed by atoms with Gasteiger partial charge in [0.05, 0.1) is 13.7 Å². The zero-order chi connectivity index (χ0) is 23.2. The second-order valence-electron chi connectivity index (χ2n) is 7.12. The van der Waals surface area contributed by atoms with E-state index < -0.39 is 5.97 Å². The zero-order valence-corrected chi connectivity index (χ0v) is 19.0. The number of ether oxygens (including phenoxy) is 4. The average Bonchev–Trinajstić information content (AvgIpc) is 3.20. The van der Waals surface area contributed by atoms with Gasteiger partial charge in [-0.1, -0.05) is 35.9 Å². The highest BCUT2D eigenvalue weighted by Crippen LogP contribution is 2.31. The molecule has 0 amide bonds. The van der Waals surface area contributed by atoms with Gasteiger partial charge in [-0.25, -0.2) is 9.79 Å². The zero-order valence-electron chi connectivity index (χ0n) is 18.2. The number of carbonyl (C=O) groups excluding carboxylic acids is 1. The number of aliphatic imine (C=N–C) groups is 1. The largest absolute Gasteiger partial charge is 0.497 e. The third-order valence-electron chi connectivity index (χ3n) is 4.82. The van der Waals surface area contributed by atoms with Crippen molar-refractivity contribution in [2.24, 2.45) is 4.99 Å². The van der Waals surface area contributed by atoms with Crippen molar-refractivity contribution in [3.63, 3.8) is 0 Å². The first-order valence-electron chi connectivity index (χ1n) is 10.4. The molecule has 6 nitrogen and oxygen atoms in total. The molecule has 1 aliphatic heterocycles. The number of methoxy groups -OCH3 is 1. The van der Waals surface area contributed by atoms with Crippen LogP contribution in [0.3, 0.4) is 0 Å². The maximum atomic E-state index is 12.4. The van der Waals surface area contributed by atoms with Crippen LogP contribution in [0.2, 0.25) is 5.02 Å². The van der Waals surface area contributed by atoms with Crippen LogP contribution in [0.25, 0.3) is 6.08 Å². The third-order valence-corrected chi connectivity index (χ3v) is 5.07. The molecule has 0 fully saturated rings. The van der Waals surface area contributed by atoms with Crippen molar-refractivity contribution in [2.75, 3.05) is 13.7 Å². The summed E-state index contributed by atoms with van der Waals surface area (Å²) in [7, 11) is 1.58. The quantitative estimate of drug-likeness (QED) is 0.318. The minimum Gasteiger partial charge on any atom is -0.497 e. The third kappa shape index (κ3) is 5.54. The molecule has 0 spiro atoms. The second kappa shape index (κ2) is 10.2. The number of rotatable bonds is 8. The number of esters is 1. The van der Waals surface area contributed by atoms with Crippen LogP contribution >= 0.6 is 11.6 Å². The van der Waals surface area contributed by atoms with Gasteiger partial charge in [0.2, 0.25) is 5.90 Å². The standard InChI is InChI=1S/C26H22ClNO5/c1-3-31-24-14-18(9-12-23(24)32-16-17-7-10-20(27)11-8-17)13-22-26(29)33-25(28-22)19-5-4-6-21(15-19)30-2/h4-15H,3,16H2,1-2H3. The van der Waals surface area contributed by atoms with Crippen molar-refractivity contribution in [3.05, 3.63) is 94.1 Å². The van der Waals surface area contributed by atoms with Gasteiger partial charge < -0.3 is 18.9 Å². The molecule has 33 heavy (non-hydrogen) atoms. The normalized spacial score (nSPS) is 14.1. The van der Waals surface area contributed by atoms with Crippen LogP contribution in [0.5, 0.6) is 17.2 Å². The minimum absolute atomic E-state index is 0.199. The van der Waals surface area contributed by atoms with Crippen LogP contribution in [-0.2, 0) is 16.1 Å². The van der Waals surface area contributed by atoms with E-state index in [1.807, 2.05) is 49.4 Å². The van der Waals surface area contributed by atoms with E-state index in [0.717, 1.165) is 11.1 Å². The van der Waals surface area contributed by atoms with Gasteiger partial charge in [0.15, 0.2) is 17.2 Å². The Balaban J connectivity index is 1.55. The number of nitrogens with zero attached hydrogens (tertiary/aromatic N) is 1. The Morgan fingerprint density at radius 2 is 1.82 bits per heavy atom. The number of carbonyl (C=O) groups is 1. The van der Waals surface area contributed by atoms with Gasteiger partial charge in [-0.15, -0.1) is 0 Å². The van der Waals surface area contributed by atoms with Crippen LogP contribution in [0, 0.1) is 0 Å². The molecule has 0 unspecified atom stereocenters. The van der Waals surface area contributed by atoms with Crippen molar-refractivity contribution in [3.8, 4) is 17.2 Å². The van der Waals surface area contributed by atoms with E-state index in [4.69, 9.17) is 30.5 Å². The fraction of sp³-hybridized carbons (Fsp3) is 0.154. The predicted octanol–water partition coefficient (Wildman–Crippen LogP) is 5.67. The van der Waals surface area contributed by atoms with Crippen molar-refractivity contribution >= 4 is 29.5 Å². The summed E-state index contributed by atoms with van der Waals surface area (Å²) in [5.74, 6) is 1.54. The van der Waals surface area contributed by atoms with Gasteiger partial charge in [-0.2, -0.15) is 0 Å². The van der Waals surface area contributed by atoms with Crippen LogP contribution < -0.4 is 14.2 Å². The molecule has 3 aromatic carbocycles. The molecule has 0 aliphatic carbocycles. The Bertz CT molecular complexity index is 1220. The van der Waals surface area contributed by atoms with E-state index in [-0.39, 0.29) is 11.6 Å². The molecule has 3 aromatic rings. The number of halogens is 1. The molecule has 168 valence electrons. The SMILES string of the molecule is CCOc1cc(C=C2N=C(c3cccc(OC)c3)OC2=O)ccc1OCc1ccc(Cl)cc1. The van der Waals surface area contributed by atoms with Crippen LogP contribution in [0.1, 0.15) is 23.6 Å². The van der Waals surface area contributed by atoms with E-state index in [9.17, 15) is 4.79 Å². The van der Waals surface area contributed by atoms with Gasteiger partial charge in [-0.05, 0) is 66.6 Å². The molecule has 0 N–H and O–H groups in total. The van der Waals surface area contributed by atoms with Crippen molar-refractivity contribution in [1.82, 2.24) is 0 Å². The number of benzene rings is 3. The van der Waals surface area contributed by atoms with Crippen molar-refractivity contribution < 1.29 is 23.7 Å². The molecular formula is C26H22ClNO5. The smallest absolute Gasteiger partial charge is 0.363 e. The second-order valence-corrected chi connectivity index (χ2v) is 7.56. The van der Waals surface area contributed by atoms with Gasteiger partial charge in [0.25, 0.3) is 0 Å². The molecule has 0 aromatic heterocycles. The summed E-state index contributed by atoms with van der Waals surface area (Å²) in [4.78, 5) is 16.7. The van der Waals surface area contributed by atoms with Gasteiger partial charge in [0, 0.05) is 10.6 Å².